The van der Waals surface area contributed by atoms with Crippen molar-refractivity contribution >= 4 is 5.95 Å². The zero-order chi connectivity index (χ0) is 11.1. The number of hydrogen-bond donors (Lipinski definition) is 2. The largest absolute Gasteiger partial charge is 0.368 e. The van der Waals surface area contributed by atoms with Crippen molar-refractivity contribution in [3.05, 3.63) is 17.0 Å². The molecule has 1 aliphatic carbocycles. The topological polar surface area (TPSA) is 77.8 Å². The first-order valence-corrected chi connectivity index (χ1v) is 5.36. The smallest absolute Gasteiger partial charge is 0.220 e. The highest BCUT2D eigenvalue weighted by atomic mass is 15.0. The summed E-state index contributed by atoms with van der Waals surface area (Å²) in [7, 11) is 0. The van der Waals surface area contributed by atoms with E-state index in [1.54, 1.807) is 0 Å². The third kappa shape index (κ3) is 1.95. The molecule has 82 valence electrons. The molecule has 4 heteroatoms. The normalized spacial score (nSPS) is 18.6. The lowest BCUT2D eigenvalue weighted by Gasteiger charge is -2.31. The van der Waals surface area contributed by atoms with Gasteiger partial charge in [0.05, 0.1) is 5.69 Å². The third-order valence-electron chi connectivity index (χ3n) is 3.09. The number of hydrogen-bond acceptors (Lipinski definition) is 4. The predicted molar refractivity (Wildman–Crippen MR) is 60.1 cm³/mol. The minimum atomic E-state index is 0.319. The van der Waals surface area contributed by atoms with Crippen LogP contribution in [0.1, 0.15) is 37.2 Å². The maximum Gasteiger partial charge on any atom is 0.220 e. The number of nitrogen functional groups attached to an aromatic ring is 1. The van der Waals surface area contributed by atoms with Crippen LogP contribution in [0.2, 0.25) is 0 Å². The molecule has 0 amide bonds. The Morgan fingerprint density at radius 3 is 2.73 bits per heavy atom. The summed E-state index contributed by atoms with van der Waals surface area (Å²) >= 11 is 0. The Balaban J connectivity index is 2.47. The second kappa shape index (κ2) is 3.45. The average molecular weight is 206 g/mol. The molecule has 4 nitrogen and oxygen atoms in total. The fourth-order valence-corrected chi connectivity index (χ4v) is 2.21. The summed E-state index contributed by atoms with van der Waals surface area (Å²) in [4.78, 5) is 8.52. The van der Waals surface area contributed by atoms with E-state index in [2.05, 4.69) is 23.8 Å². The van der Waals surface area contributed by atoms with E-state index < -0.39 is 0 Å². The van der Waals surface area contributed by atoms with Gasteiger partial charge in [-0.25, -0.2) is 9.97 Å². The van der Waals surface area contributed by atoms with E-state index in [9.17, 15) is 0 Å². The van der Waals surface area contributed by atoms with E-state index in [4.69, 9.17) is 11.5 Å². The maximum absolute atomic E-state index is 5.67. The number of nitrogens with zero attached hydrogens (tertiary/aromatic N) is 2. The van der Waals surface area contributed by atoms with Crippen LogP contribution in [0.4, 0.5) is 5.95 Å². The summed E-state index contributed by atoms with van der Waals surface area (Å²) < 4.78 is 0. The van der Waals surface area contributed by atoms with Gasteiger partial charge >= 0.3 is 0 Å². The van der Waals surface area contributed by atoms with Crippen LogP contribution in [0.25, 0.3) is 0 Å². The van der Waals surface area contributed by atoms with Crippen molar-refractivity contribution in [3.8, 4) is 0 Å². The van der Waals surface area contributed by atoms with Crippen molar-refractivity contribution in [2.75, 3.05) is 5.73 Å². The molecule has 15 heavy (non-hydrogen) atoms. The number of fused-ring (bicyclic) bond motifs is 1. The van der Waals surface area contributed by atoms with Crippen molar-refractivity contribution in [1.29, 1.82) is 0 Å². The number of nitrogens with two attached hydrogens (primary N) is 2. The first-order valence-electron chi connectivity index (χ1n) is 5.36. The lowest BCUT2D eigenvalue weighted by atomic mass is 9.76. The van der Waals surface area contributed by atoms with Gasteiger partial charge in [-0.2, -0.15) is 0 Å². The van der Waals surface area contributed by atoms with Gasteiger partial charge in [-0.1, -0.05) is 13.8 Å². The Kier molecular flexibility index (Phi) is 2.38. The zero-order valence-corrected chi connectivity index (χ0v) is 9.38. The van der Waals surface area contributed by atoms with E-state index in [-0.39, 0.29) is 0 Å². The molecule has 2 rings (SSSR count). The van der Waals surface area contributed by atoms with Crippen molar-refractivity contribution in [2.45, 2.75) is 39.7 Å². The molecular formula is C11H18N4. The van der Waals surface area contributed by atoms with Crippen LogP contribution in [0.3, 0.4) is 0 Å². The third-order valence-corrected chi connectivity index (χ3v) is 3.09. The molecule has 4 N–H and O–H groups in total. The SMILES string of the molecule is CC1(C)CCc2c(CN)nc(N)nc2C1. The van der Waals surface area contributed by atoms with E-state index >= 15 is 0 Å². The summed E-state index contributed by atoms with van der Waals surface area (Å²) in [6, 6.07) is 0. The molecule has 1 aromatic heterocycles. The monoisotopic (exact) mass is 206 g/mol. The van der Waals surface area contributed by atoms with Crippen LogP contribution in [0.5, 0.6) is 0 Å². The van der Waals surface area contributed by atoms with Gasteiger partial charge in [-0.05, 0) is 30.2 Å². The van der Waals surface area contributed by atoms with Gasteiger partial charge in [0.15, 0.2) is 0 Å². The Bertz CT molecular complexity index is 384. The summed E-state index contributed by atoms with van der Waals surface area (Å²) in [5.41, 5.74) is 14.9. The van der Waals surface area contributed by atoms with Crippen LogP contribution in [0.15, 0.2) is 0 Å². The molecule has 0 saturated carbocycles. The number of aromatic nitrogens is 2. The van der Waals surface area contributed by atoms with Crippen LogP contribution >= 0.6 is 0 Å². The highest BCUT2D eigenvalue weighted by Crippen LogP contribution is 2.34. The van der Waals surface area contributed by atoms with Crippen molar-refractivity contribution in [1.82, 2.24) is 9.97 Å². The van der Waals surface area contributed by atoms with Crippen molar-refractivity contribution < 1.29 is 0 Å². The van der Waals surface area contributed by atoms with Crippen LogP contribution in [-0.4, -0.2) is 9.97 Å². The number of rotatable bonds is 1. The van der Waals surface area contributed by atoms with Gasteiger partial charge in [0.25, 0.3) is 0 Å². The highest BCUT2D eigenvalue weighted by molar-refractivity contribution is 5.34. The zero-order valence-electron chi connectivity index (χ0n) is 9.38. The van der Waals surface area contributed by atoms with E-state index in [0.717, 1.165) is 24.2 Å². The fraction of sp³-hybridized carbons (Fsp3) is 0.636. The molecule has 0 atom stereocenters. The standard InChI is InChI=1S/C11H18N4/c1-11(2)4-3-7-8(5-11)14-10(13)15-9(7)6-12/h3-6,12H2,1-2H3,(H2,13,14,15). The lowest BCUT2D eigenvalue weighted by molar-refractivity contribution is 0.309. The minimum absolute atomic E-state index is 0.319. The lowest BCUT2D eigenvalue weighted by Crippen LogP contribution is -2.26. The van der Waals surface area contributed by atoms with Crippen LogP contribution in [-0.2, 0) is 19.4 Å². The summed E-state index contributed by atoms with van der Waals surface area (Å²) in [6.07, 6.45) is 3.16. The molecule has 1 heterocycles. The van der Waals surface area contributed by atoms with Gasteiger partial charge in [-0.3, -0.25) is 0 Å². The second-order valence-electron chi connectivity index (χ2n) is 5.00. The molecule has 0 radical (unpaired) electrons. The summed E-state index contributed by atoms with van der Waals surface area (Å²) in [5, 5.41) is 0. The fourth-order valence-electron chi connectivity index (χ4n) is 2.21. The molecule has 0 bridgehead atoms. The quantitative estimate of drug-likeness (QED) is 0.719. The summed E-state index contributed by atoms with van der Waals surface area (Å²) in [5.74, 6) is 0.354. The Labute approximate surface area is 90.1 Å². The van der Waals surface area contributed by atoms with Gasteiger partial charge in [-0.15, -0.1) is 0 Å². The maximum atomic E-state index is 5.67. The molecule has 0 spiro atoms. The molecule has 0 aromatic carbocycles. The van der Waals surface area contributed by atoms with Crippen LogP contribution in [0, 0.1) is 5.41 Å². The second-order valence-corrected chi connectivity index (χ2v) is 5.00. The van der Waals surface area contributed by atoms with E-state index in [1.165, 1.54) is 12.0 Å². The Hall–Kier alpha value is -1.16. The molecule has 0 fully saturated rings. The van der Waals surface area contributed by atoms with Gasteiger partial charge in [0.2, 0.25) is 5.95 Å². The van der Waals surface area contributed by atoms with Crippen molar-refractivity contribution in [2.24, 2.45) is 11.1 Å². The predicted octanol–water partition coefficient (Wildman–Crippen LogP) is 1.03. The first kappa shape index (κ1) is 10.4. The van der Waals surface area contributed by atoms with Gasteiger partial charge in [0.1, 0.15) is 0 Å². The van der Waals surface area contributed by atoms with Crippen LogP contribution < -0.4 is 11.5 Å². The van der Waals surface area contributed by atoms with E-state index in [0.29, 0.717) is 17.9 Å². The van der Waals surface area contributed by atoms with Gasteiger partial charge in [0, 0.05) is 12.2 Å². The number of anilines is 1. The van der Waals surface area contributed by atoms with Gasteiger partial charge < -0.3 is 11.5 Å². The molecule has 0 saturated heterocycles. The van der Waals surface area contributed by atoms with Crippen molar-refractivity contribution in [3.63, 3.8) is 0 Å². The Morgan fingerprint density at radius 2 is 2.07 bits per heavy atom. The van der Waals surface area contributed by atoms with E-state index in [1.807, 2.05) is 0 Å². The molecular weight excluding hydrogens is 188 g/mol. The molecule has 0 aliphatic heterocycles. The Morgan fingerprint density at radius 1 is 1.33 bits per heavy atom. The molecule has 0 unspecified atom stereocenters. The first-order chi connectivity index (χ1) is 7.02. The average Bonchev–Trinajstić information content (AvgIpc) is 2.14. The minimum Gasteiger partial charge on any atom is -0.368 e. The highest BCUT2D eigenvalue weighted by Gasteiger charge is 2.28. The summed E-state index contributed by atoms with van der Waals surface area (Å²) in [6.45, 7) is 4.97. The molecule has 1 aliphatic rings. The molecule has 1 aromatic rings.